The van der Waals surface area contributed by atoms with Crippen LogP contribution in [0.1, 0.15) is 97.3 Å². The second-order valence-corrected chi connectivity index (χ2v) is 16.7. The van der Waals surface area contributed by atoms with E-state index in [1.54, 1.807) is 24.5 Å². The Morgan fingerprint density at radius 2 is 1.71 bits per heavy atom. The van der Waals surface area contributed by atoms with Crippen LogP contribution in [0.15, 0.2) is 67.1 Å². The molecule has 62 heavy (non-hydrogen) atoms. The number of carbonyl (C=O) groups excluding carboxylic acids is 4. The van der Waals surface area contributed by atoms with Crippen molar-refractivity contribution in [3.63, 3.8) is 0 Å². The molecule has 2 saturated heterocycles. The lowest BCUT2D eigenvalue weighted by molar-refractivity contribution is -0.137. The number of nitrogens with one attached hydrogen (secondary N) is 1. The number of nitrogens with zero attached hydrogens (tertiary/aromatic N) is 6. The summed E-state index contributed by atoms with van der Waals surface area (Å²) >= 11 is 0. The Balaban J connectivity index is 0.753. The summed E-state index contributed by atoms with van der Waals surface area (Å²) in [5, 5.41) is 7.00. The third-order valence-electron chi connectivity index (χ3n) is 12.7. The van der Waals surface area contributed by atoms with Crippen LogP contribution >= 0.6 is 0 Å². The maximum atomic E-state index is 15.4. The van der Waals surface area contributed by atoms with Gasteiger partial charge in [-0.2, -0.15) is 5.10 Å². The van der Waals surface area contributed by atoms with Gasteiger partial charge >= 0.3 is 0 Å². The van der Waals surface area contributed by atoms with Crippen molar-refractivity contribution in [3.05, 3.63) is 101 Å². The van der Waals surface area contributed by atoms with Crippen LogP contribution in [0.2, 0.25) is 0 Å². The Hall–Kier alpha value is -6.17. The highest BCUT2D eigenvalue weighted by Crippen LogP contribution is 2.35. The maximum absolute atomic E-state index is 15.4. The van der Waals surface area contributed by atoms with Gasteiger partial charge in [-0.1, -0.05) is 24.0 Å². The van der Waals surface area contributed by atoms with Crippen LogP contribution in [0, 0.1) is 29.4 Å². The number of rotatable bonds is 11. The molecule has 318 valence electrons. The number of fused-ring (bicyclic) bond motifs is 2. The molecule has 0 bridgehead atoms. The van der Waals surface area contributed by atoms with Gasteiger partial charge < -0.3 is 9.64 Å². The number of halogens is 2. The predicted octanol–water partition coefficient (Wildman–Crippen LogP) is 6.94. The van der Waals surface area contributed by atoms with Crippen LogP contribution in [-0.4, -0.2) is 85.4 Å². The van der Waals surface area contributed by atoms with Crippen LogP contribution in [0.25, 0.3) is 33.4 Å². The summed E-state index contributed by atoms with van der Waals surface area (Å²) < 4.78 is 38.1. The van der Waals surface area contributed by atoms with Crippen LogP contribution < -0.4 is 5.32 Å². The number of Topliss-reactive ketones (excluding diaryl/α,β-unsaturated/α-hetero) is 1. The fourth-order valence-corrected chi connectivity index (χ4v) is 9.16. The first-order chi connectivity index (χ1) is 30.2. The van der Waals surface area contributed by atoms with Crippen molar-refractivity contribution < 1.29 is 32.7 Å². The summed E-state index contributed by atoms with van der Waals surface area (Å²) in [6, 6.07) is 13.2. The standard InChI is InChI=1S/C48H47F2N7O5/c49-39-23-32(24-40(50)38(39)29-55-18-20-62-21-19-55)36-7-5-8-41-46(36)53-42(26-51-41)34-25-52-57(28-34)35-13-11-31(12-14-35)44(58)9-4-2-1-3-6-30-10-15-37-33(22-30)27-56(48(37)61)43-16-17-45(59)54-47(43)60/h5,7-8,10,15,22-26,28,31,35,43H,1-2,4,9,11-14,16-21,27,29H2,(H,54,59,60). The Morgan fingerprint density at radius 3 is 2.50 bits per heavy atom. The monoisotopic (exact) mass is 839 g/mol. The molecule has 1 unspecified atom stereocenters. The van der Waals surface area contributed by atoms with E-state index in [-0.39, 0.29) is 42.3 Å². The van der Waals surface area contributed by atoms with Gasteiger partial charge in [0.05, 0.1) is 48.4 Å². The third-order valence-corrected chi connectivity index (χ3v) is 12.7. The van der Waals surface area contributed by atoms with Crippen LogP contribution in [0.3, 0.4) is 0 Å². The van der Waals surface area contributed by atoms with Crippen molar-refractivity contribution in [2.75, 3.05) is 26.3 Å². The average Bonchev–Trinajstić information content (AvgIpc) is 3.91. The molecule has 1 N–H and O–H groups in total. The fraction of sp³-hybridized carbons (Fsp3) is 0.396. The first-order valence-electron chi connectivity index (χ1n) is 21.6. The molecule has 5 heterocycles. The van der Waals surface area contributed by atoms with Gasteiger partial charge in [0.1, 0.15) is 23.5 Å². The van der Waals surface area contributed by atoms with E-state index in [2.05, 4.69) is 27.2 Å². The van der Waals surface area contributed by atoms with Gasteiger partial charge in [-0.3, -0.25) is 39.1 Å². The van der Waals surface area contributed by atoms with E-state index in [9.17, 15) is 19.2 Å². The largest absolute Gasteiger partial charge is 0.379 e. The number of hydrogen-bond acceptors (Lipinski definition) is 9. The summed E-state index contributed by atoms with van der Waals surface area (Å²) in [4.78, 5) is 63.1. The van der Waals surface area contributed by atoms with E-state index in [0.717, 1.165) is 55.2 Å². The molecular weight excluding hydrogens is 793 g/mol. The molecule has 0 spiro atoms. The number of hydrogen-bond donors (Lipinski definition) is 1. The van der Waals surface area contributed by atoms with Gasteiger partial charge in [-0.05, 0) is 92.5 Å². The molecule has 9 rings (SSSR count). The zero-order valence-electron chi connectivity index (χ0n) is 34.4. The van der Waals surface area contributed by atoms with Crippen LogP contribution in [0.4, 0.5) is 8.78 Å². The number of unbranched alkanes of at least 4 members (excludes halogenated alkanes) is 2. The molecule has 3 amide bonds. The second kappa shape index (κ2) is 18.0. The highest BCUT2D eigenvalue weighted by atomic mass is 19.1. The summed E-state index contributed by atoms with van der Waals surface area (Å²) in [5.41, 5.74) is 5.77. The van der Waals surface area contributed by atoms with Crippen LogP contribution in [0.5, 0.6) is 0 Å². The van der Waals surface area contributed by atoms with E-state index in [1.807, 2.05) is 40.0 Å². The van der Waals surface area contributed by atoms with Crippen molar-refractivity contribution in [2.24, 2.45) is 5.92 Å². The normalized spacial score (nSPS) is 20.5. The number of benzene rings is 3. The molecule has 3 aromatic carbocycles. The van der Waals surface area contributed by atoms with Gasteiger partial charge in [-0.25, -0.2) is 13.8 Å². The molecule has 14 heteroatoms. The van der Waals surface area contributed by atoms with Crippen molar-refractivity contribution in [1.82, 2.24) is 34.9 Å². The van der Waals surface area contributed by atoms with Crippen molar-refractivity contribution in [3.8, 4) is 34.2 Å². The Kier molecular flexibility index (Phi) is 12.0. The molecule has 3 aliphatic heterocycles. The molecule has 4 aliphatic rings. The zero-order valence-corrected chi connectivity index (χ0v) is 34.4. The lowest BCUT2D eigenvalue weighted by Gasteiger charge is -2.29. The lowest BCUT2D eigenvalue weighted by atomic mass is 9.82. The Labute approximate surface area is 358 Å². The molecule has 5 aromatic rings. The van der Waals surface area contributed by atoms with Gasteiger partial charge in [0, 0.05) is 85.4 Å². The number of ether oxygens (including phenoxy) is 1. The fourth-order valence-electron chi connectivity index (χ4n) is 9.16. The maximum Gasteiger partial charge on any atom is 0.255 e. The number of imide groups is 1. The molecule has 0 radical (unpaired) electrons. The molecule has 1 aliphatic carbocycles. The molecule has 2 aromatic heterocycles. The Morgan fingerprint density at radius 1 is 0.903 bits per heavy atom. The number of aromatic nitrogens is 4. The smallest absolute Gasteiger partial charge is 0.255 e. The number of para-hydroxylation sites is 1. The van der Waals surface area contributed by atoms with E-state index in [4.69, 9.17) is 9.72 Å². The SMILES string of the molecule is O=C1CCC(N2Cc3cc(C#CCCCCC(=O)C4CCC(n5cc(-c6cnc7cccc(-c8cc(F)c(CN9CCOCC9)c(F)c8)c7n6)cn5)CC4)ccc3C2=O)C(=O)N1. The lowest BCUT2D eigenvalue weighted by Crippen LogP contribution is -2.52. The summed E-state index contributed by atoms with van der Waals surface area (Å²) in [6.45, 7) is 2.85. The van der Waals surface area contributed by atoms with Crippen molar-refractivity contribution >= 4 is 34.5 Å². The summed E-state index contributed by atoms with van der Waals surface area (Å²) in [5.74, 6) is 4.60. The minimum atomic E-state index is -0.647. The van der Waals surface area contributed by atoms with E-state index >= 15 is 8.78 Å². The number of piperidine rings is 1. The third kappa shape index (κ3) is 8.78. The molecule has 1 saturated carbocycles. The van der Waals surface area contributed by atoms with Crippen molar-refractivity contribution in [2.45, 2.75) is 89.4 Å². The van der Waals surface area contributed by atoms with E-state index in [0.29, 0.717) is 91.3 Å². The summed E-state index contributed by atoms with van der Waals surface area (Å²) in [6.07, 6.45) is 12.0. The van der Waals surface area contributed by atoms with Crippen molar-refractivity contribution in [1.29, 1.82) is 0 Å². The number of carbonyl (C=O) groups is 4. The van der Waals surface area contributed by atoms with Gasteiger partial charge in [-0.15, -0.1) is 0 Å². The predicted molar refractivity (Wildman–Crippen MR) is 226 cm³/mol. The molecule has 3 fully saturated rings. The first-order valence-corrected chi connectivity index (χ1v) is 21.6. The number of morpholine rings is 1. The van der Waals surface area contributed by atoms with E-state index in [1.165, 1.54) is 17.0 Å². The minimum absolute atomic E-state index is 0.0362. The van der Waals surface area contributed by atoms with Gasteiger partial charge in [0.25, 0.3) is 5.91 Å². The summed E-state index contributed by atoms with van der Waals surface area (Å²) in [7, 11) is 0. The molecule has 1 atom stereocenters. The van der Waals surface area contributed by atoms with Crippen LogP contribution in [-0.2, 0) is 32.2 Å². The topological polar surface area (TPSA) is 140 Å². The van der Waals surface area contributed by atoms with Gasteiger partial charge in [0.2, 0.25) is 11.8 Å². The molecule has 12 nitrogen and oxygen atoms in total. The van der Waals surface area contributed by atoms with E-state index < -0.39 is 23.6 Å². The quantitative estimate of drug-likeness (QED) is 0.0851. The van der Waals surface area contributed by atoms with Gasteiger partial charge in [0.15, 0.2) is 0 Å². The first kappa shape index (κ1) is 41.2. The number of ketones is 1. The highest BCUT2D eigenvalue weighted by Gasteiger charge is 2.39. The minimum Gasteiger partial charge on any atom is -0.379 e. The zero-order chi connectivity index (χ0) is 42.7. The average molecular weight is 840 g/mol. The highest BCUT2D eigenvalue weighted by molar-refractivity contribution is 6.05. The Bertz CT molecular complexity index is 2600. The molecular formula is C48H47F2N7O5. The second-order valence-electron chi connectivity index (χ2n) is 16.7. The number of amides is 3.